The molecule has 2 saturated carbocycles. The van der Waals surface area contributed by atoms with Crippen LogP contribution in [0.4, 0.5) is 5.69 Å². The van der Waals surface area contributed by atoms with E-state index in [9.17, 15) is 5.11 Å². The second-order valence-corrected chi connectivity index (χ2v) is 10.9. The third kappa shape index (κ3) is 4.19. The lowest BCUT2D eigenvalue weighted by atomic mass is 9.70. The molecule has 5 heteroatoms. The molecule has 4 nitrogen and oxygen atoms in total. The van der Waals surface area contributed by atoms with Gasteiger partial charge in [0.15, 0.2) is 0 Å². The number of aliphatic hydroxyl groups is 1. The van der Waals surface area contributed by atoms with Crippen molar-refractivity contribution >= 4 is 17.3 Å². The van der Waals surface area contributed by atoms with Crippen molar-refractivity contribution in [3.05, 3.63) is 28.8 Å². The summed E-state index contributed by atoms with van der Waals surface area (Å²) in [5.41, 5.74) is 3.02. The van der Waals surface area contributed by atoms with E-state index in [2.05, 4.69) is 49.6 Å². The van der Waals surface area contributed by atoms with Crippen molar-refractivity contribution in [2.75, 3.05) is 44.2 Å². The Labute approximate surface area is 181 Å². The molecule has 1 N–H and O–H groups in total. The molecule has 1 aromatic carbocycles. The lowest BCUT2D eigenvalue weighted by molar-refractivity contribution is -0.113. The summed E-state index contributed by atoms with van der Waals surface area (Å²) in [5.74, 6) is 0.776. The number of halogens is 1. The van der Waals surface area contributed by atoms with Crippen LogP contribution in [-0.4, -0.2) is 61.5 Å². The maximum atomic E-state index is 10.7. The Morgan fingerprint density at radius 3 is 2.59 bits per heavy atom. The first-order valence-corrected chi connectivity index (χ1v) is 11.6. The summed E-state index contributed by atoms with van der Waals surface area (Å²) >= 11 is 6.19. The van der Waals surface area contributed by atoms with Gasteiger partial charge in [-0.05, 0) is 60.6 Å². The molecular formula is C24H37ClN2O2. The van der Waals surface area contributed by atoms with Gasteiger partial charge in [0.1, 0.15) is 0 Å². The third-order valence-electron chi connectivity index (χ3n) is 7.95. The van der Waals surface area contributed by atoms with E-state index in [0.717, 1.165) is 37.1 Å². The molecule has 0 aromatic heterocycles. The van der Waals surface area contributed by atoms with Gasteiger partial charge < -0.3 is 14.7 Å². The summed E-state index contributed by atoms with van der Waals surface area (Å²) in [7, 11) is 0. The zero-order chi connectivity index (χ0) is 20.8. The number of hydrogen-bond acceptors (Lipinski definition) is 4. The smallest absolute Gasteiger partial charge is 0.0900 e. The predicted octanol–water partition coefficient (Wildman–Crippen LogP) is 4.36. The highest BCUT2D eigenvalue weighted by molar-refractivity contribution is 6.30. The van der Waals surface area contributed by atoms with Gasteiger partial charge in [-0.2, -0.15) is 0 Å². The first-order chi connectivity index (χ1) is 13.7. The minimum Gasteiger partial charge on any atom is -0.389 e. The fourth-order valence-corrected chi connectivity index (χ4v) is 6.49. The van der Waals surface area contributed by atoms with Gasteiger partial charge in [0, 0.05) is 43.4 Å². The highest BCUT2D eigenvalue weighted by Gasteiger charge is 2.60. The number of anilines is 1. The summed E-state index contributed by atoms with van der Waals surface area (Å²) in [5, 5.41) is 11.4. The van der Waals surface area contributed by atoms with E-state index in [-0.39, 0.29) is 11.5 Å². The summed E-state index contributed by atoms with van der Waals surface area (Å²) < 4.78 is 6.38. The molecule has 29 heavy (non-hydrogen) atoms. The van der Waals surface area contributed by atoms with Crippen LogP contribution in [0.1, 0.15) is 45.6 Å². The maximum Gasteiger partial charge on any atom is 0.0900 e. The van der Waals surface area contributed by atoms with Crippen LogP contribution in [0, 0.1) is 23.7 Å². The Kier molecular flexibility index (Phi) is 5.93. The van der Waals surface area contributed by atoms with Crippen molar-refractivity contribution < 1.29 is 9.84 Å². The standard InChI is InChI=1S/C24H37ClN2O2/c1-17-5-6-19(25)13-21(17)27-11-9-26(10-12-27)15-20(28)16-29-22-23(2,3)18-7-8-24(22,4)14-18/h5-6,13,18,20,22,28H,7-12,14-16H2,1-4H3/t18-,20+,22+,24+/m0/s1. The quantitative estimate of drug-likeness (QED) is 0.741. The van der Waals surface area contributed by atoms with Gasteiger partial charge in [0.2, 0.25) is 0 Å². The molecule has 3 aliphatic rings. The third-order valence-corrected chi connectivity index (χ3v) is 8.18. The molecule has 2 bridgehead atoms. The van der Waals surface area contributed by atoms with Gasteiger partial charge in [-0.25, -0.2) is 0 Å². The van der Waals surface area contributed by atoms with E-state index >= 15 is 0 Å². The van der Waals surface area contributed by atoms with E-state index in [1.54, 1.807) is 0 Å². The molecular weight excluding hydrogens is 384 g/mol. The number of piperazine rings is 1. The molecule has 1 heterocycles. The van der Waals surface area contributed by atoms with Gasteiger partial charge in [-0.3, -0.25) is 4.90 Å². The van der Waals surface area contributed by atoms with Crippen molar-refractivity contribution in [2.45, 2.75) is 59.2 Å². The van der Waals surface area contributed by atoms with Crippen molar-refractivity contribution in [1.82, 2.24) is 4.90 Å². The number of hydrogen-bond donors (Lipinski definition) is 1. The minimum atomic E-state index is -0.423. The Hall–Kier alpha value is -0.810. The molecule has 1 saturated heterocycles. The zero-order valence-corrected chi connectivity index (χ0v) is 19.2. The Balaban J connectivity index is 1.25. The Bertz CT molecular complexity index is 727. The first kappa shape index (κ1) is 21.4. The molecule has 0 radical (unpaired) electrons. The molecule has 0 amide bonds. The van der Waals surface area contributed by atoms with E-state index in [1.807, 2.05) is 6.07 Å². The molecule has 162 valence electrons. The molecule has 4 atom stereocenters. The molecule has 0 unspecified atom stereocenters. The number of aryl methyl sites for hydroxylation is 1. The van der Waals surface area contributed by atoms with Crippen LogP contribution in [-0.2, 0) is 4.74 Å². The van der Waals surface area contributed by atoms with Crippen molar-refractivity contribution in [3.63, 3.8) is 0 Å². The average molecular weight is 421 g/mol. The highest BCUT2D eigenvalue weighted by Crippen LogP contribution is 2.63. The van der Waals surface area contributed by atoms with Crippen LogP contribution in [0.3, 0.4) is 0 Å². The minimum absolute atomic E-state index is 0.229. The van der Waals surface area contributed by atoms with Crippen molar-refractivity contribution in [2.24, 2.45) is 16.7 Å². The van der Waals surface area contributed by atoms with E-state index in [0.29, 0.717) is 18.6 Å². The molecule has 1 aliphatic heterocycles. The summed E-state index contributed by atoms with van der Waals surface area (Å²) in [6.45, 7) is 14.2. The first-order valence-electron chi connectivity index (χ1n) is 11.2. The zero-order valence-electron chi connectivity index (χ0n) is 18.5. The second-order valence-electron chi connectivity index (χ2n) is 10.5. The van der Waals surface area contributed by atoms with E-state index in [4.69, 9.17) is 16.3 Å². The van der Waals surface area contributed by atoms with Gasteiger partial charge in [0.25, 0.3) is 0 Å². The number of ether oxygens (including phenoxy) is 1. The van der Waals surface area contributed by atoms with Crippen molar-refractivity contribution in [1.29, 1.82) is 0 Å². The number of fused-ring (bicyclic) bond motifs is 2. The van der Waals surface area contributed by atoms with E-state index in [1.165, 1.54) is 30.5 Å². The van der Waals surface area contributed by atoms with Crippen LogP contribution < -0.4 is 4.90 Å². The Morgan fingerprint density at radius 1 is 1.21 bits per heavy atom. The number of benzene rings is 1. The molecule has 3 fully saturated rings. The van der Waals surface area contributed by atoms with Crippen LogP contribution >= 0.6 is 11.6 Å². The molecule has 1 aromatic rings. The van der Waals surface area contributed by atoms with Crippen molar-refractivity contribution in [3.8, 4) is 0 Å². The summed E-state index contributed by atoms with van der Waals surface area (Å²) in [6, 6.07) is 6.10. The monoisotopic (exact) mass is 420 g/mol. The van der Waals surface area contributed by atoms with Gasteiger partial charge >= 0.3 is 0 Å². The number of nitrogens with zero attached hydrogens (tertiary/aromatic N) is 2. The Morgan fingerprint density at radius 2 is 1.93 bits per heavy atom. The topological polar surface area (TPSA) is 35.9 Å². The number of aliphatic hydroxyl groups excluding tert-OH is 1. The van der Waals surface area contributed by atoms with Gasteiger partial charge in [-0.1, -0.05) is 38.4 Å². The summed E-state index contributed by atoms with van der Waals surface area (Å²) in [6.07, 6.45) is 3.74. The number of β-amino-alcohol motifs (C(OH)–C–C–N with tert-alkyl or cyclic N) is 1. The second kappa shape index (κ2) is 8.03. The van der Waals surface area contributed by atoms with Crippen LogP contribution in [0.2, 0.25) is 5.02 Å². The number of rotatable bonds is 6. The lowest BCUT2D eigenvalue weighted by Gasteiger charge is -2.43. The van der Waals surface area contributed by atoms with Crippen LogP contribution in [0.5, 0.6) is 0 Å². The SMILES string of the molecule is Cc1ccc(Cl)cc1N1CCN(C[C@@H](O)CO[C@@H]2C(C)(C)[C@H]3CC[C@]2(C)C3)CC1. The predicted molar refractivity (Wildman–Crippen MR) is 120 cm³/mol. The van der Waals surface area contributed by atoms with E-state index < -0.39 is 6.10 Å². The maximum absolute atomic E-state index is 10.7. The fraction of sp³-hybridized carbons (Fsp3) is 0.750. The largest absolute Gasteiger partial charge is 0.389 e. The normalized spacial score (nSPS) is 32.7. The summed E-state index contributed by atoms with van der Waals surface area (Å²) in [4.78, 5) is 4.76. The van der Waals surface area contributed by atoms with Gasteiger partial charge in [-0.15, -0.1) is 0 Å². The molecule has 4 rings (SSSR count). The average Bonchev–Trinajstić information content (AvgIpc) is 3.15. The highest BCUT2D eigenvalue weighted by atomic mass is 35.5. The van der Waals surface area contributed by atoms with Crippen LogP contribution in [0.25, 0.3) is 0 Å². The lowest BCUT2D eigenvalue weighted by Crippen LogP contribution is -2.50. The van der Waals surface area contributed by atoms with Gasteiger partial charge in [0.05, 0.1) is 18.8 Å². The van der Waals surface area contributed by atoms with Crippen LogP contribution in [0.15, 0.2) is 18.2 Å². The fourth-order valence-electron chi connectivity index (χ4n) is 6.32. The molecule has 0 spiro atoms. The molecule has 2 aliphatic carbocycles.